The highest BCUT2D eigenvalue weighted by atomic mass is 79.9. The van der Waals surface area contributed by atoms with E-state index < -0.39 is 22.0 Å². The standard InChI is InChI=1S/C18H24BrF2N3O3S/c1-12-5-6-15(16(19)22-12)28(26,27)24-11-3-4-14(24)17(25)23(2)13-7-9-18(20,21)10-8-13/h5-6,13-14H,3-4,7-11H2,1-2H3/t14-/m0/s1. The van der Waals surface area contributed by atoms with Gasteiger partial charge in [-0.2, -0.15) is 4.31 Å². The molecule has 1 aromatic rings. The summed E-state index contributed by atoms with van der Waals surface area (Å²) in [4.78, 5) is 18.7. The van der Waals surface area contributed by atoms with Crippen molar-refractivity contribution >= 4 is 31.9 Å². The summed E-state index contributed by atoms with van der Waals surface area (Å²) in [6.45, 7) is 2.00. The third-order valence-corrected chi connectivity index (χ3v) is 8.42. The molecule has 1 aliphatic carbocycles. The molecular weight excluding hydrogens is 456 g/mol. The number of likely N-dealkylation sites (N-methyl/N-ethyl adjacent to an activating group) is 1. The van der Waals surface area contributed by atoms with E-state index in [0.717, 1.165) is 0 Å². The van der Waals surface area contributed by atoms with Crippen LogP contribution in [0.2, 0.25) is 0 Å². The van der Waals surface area contributed by atoms with Crippen LogP contribution in [0.5, 0.6) is 0 Å². The molecule has 1 saturated carbocycles. The lowest BCUT2D eigenvalue weighted by Gasteiger charge is -2.36. The van der Waals surface area contributed by atoms with Crippen LogP contribution >= 0.6 is 15.9 Å². The number of sulfonamides is 1. The molecule has 0 aromatic carbocycles. The third kappa shape index (κ3) is 4.23. The summed E-state index contributed by atoms with van der Waals surface area (Å²) in [7, 11) is -2.32. The molecule has 0 radical (unpaired) electrons. The van der Waals surface area contributed by atoms with Crippen LogP contribution in [0.1, 0.15) is 44.2 Å². The fraction of sp³-hybridized carbons (Fsp3) is 0.667. The highest BCUT2D eigenvalue weighted by molar-refractivity contribution is 9.10. The van der Waals surface area contributed by atoms with Gasteiger partial charge in [0.2, 0.25) is 21.9 Å². The fourth-order valence-electron chi connectivity index (χ4n) is 3.93. The van der Waals surface area contributed by atoms with E-state index in [9.17, 15) is 22.0 Å². The van der Waals surface area contributed by atoms with Gasteiger partial charge in [0, 0.05) is 38.2 Å². The molecule has 1 aliphatic heterocycles. The number of hydrogen-bond donors (Lipinski definition) is 0. The van der Waals surface area contributed by atoms with Crippen molar-refractivity contribution in [2.24, 2.45) is 0 Å². The third-order valence-electron chi connectivity index (χ3n) is 5.61. The van der Waals surface area contributed by atoms with Gasteiger partial charge in [-0.05, 0) is 60.7 Å². The number of aromatic nitrogens is 1. The first-order valence-electron chi connectivity index (χ1n) is 9.32. The summed E-state index contributed by atoms with van der Waals surface area (Å²) < 4.78 is 54.6. The van der Waals surface area contributed by atoms with E-state index in [4.69, 9.17) is 0 Å². The molecule has 2 aliphatic rings. The van der Waals surface area contributed by atoms with Crippen LogP contribution in [0.15, 0.2) is 21.6 Å². The molecule has 2 heterocycles. The second-order valence-electron chi connectivity index (χ2n) is 7.55. The second-order valence-corrected chi connectivity index (χ2v) is 10.2. The number of pyridine rings is 1. The first-order chi connectivity index (χ1) is 13.0. The highest BCUT2D eigenvalue weighted by Gasteiger charge is 2.44. The summed E-state index contributed by atoms with van der Waals surface area (Å²) >= 11 is 3.21. The fourth-order valence-corrected chi connectivity index (χ4v) is 6.61. The predicted octanol–water partition coefficient (Wildman–Crippen LogP) is 3.34. The molecule has 1 atom stereocenters. The summed E-state index contributed by atoms with van der Waals surface area (Å²) in [6.07, 6.45) is 0.948. The van der Waals surface area contributed by atoms with E-state index in [1.807, 2.05) is 0 Å². The maximum atomic E-state index is 13.4. The molecule has 0 spiro atoms. The van der Waals surface area contributed by atoms with Gasteiger partial charge >= 0.3 is 0 Å². The molecule has 1 saturated heterocycles. The molecule has 10 heteroatoms. The summed E-state index contributed by atoms with van der Waals surface area (Å²) in [5.74, 6) is -3.00. The Hall–Kier alpha value is -1.13. The van der Waals surface area contributed by atoms with Crippen LogP contribution in [0, 0.1) is 6.92 Å². The lowest BCUT2D eigenvalue weighted by atomic mass is 9.91. The van der Waals surface area contributed by atoms with Gasteiger partial charge in [0.25, 0.3) is 0 Å². The van der Waals surface area contributed by atoms with Crippen molar-refractivity contribution in [1.82, 2.24) is 14.2 Å². The topological polar surface area (TPSA) is 70.6 Å². The Labute approximate surface area is 172 Å². The maximum absolute atomic E-state index is 13.4. The zero-order valence-electron chi connectivity index (χ0n) is 15.9. The smallest absolute Gasteiger partial charge is 0.248 e. The molecule has 156 valence electrons. The van der Waals surface area contributed by atoms with Crippen LogP contribution in [0.4, 0.5) is 8.78 Å². The summed E-state index contributed by atoms with van der Waals surface area (Å²) in [6, 6.07) is 1.99. The zero-order valence-corrected chi connectivity index (χ0v) is 18.3. The Morgan fingerprint density at radius 2 is 1.93 bits per heavy atom. The lowest BCUT2D eigenvalue weighted by molar-refractivity contribution is -0.138. The van der Waals surface area contributed by atoms with E-state index in [1.165, 1.54) is 15.3 Å². The quantitative estimate of drug-likeness (QED) is 0.620. The van der Waals surface area contributed by atoms with Crippen molar-refractivity contribution < 1.29 is 22.0 Å². The Kier molecular flexibility index (Phi) is 6.12. The normalized spacial score (nSPS) is 23.7. The van der Waals surface area contributed by atoms with Crippen molar-refractivity contribution in [2.75, 3.05) is 13.6 Å². The number of rotatable bonds is 4. The zero-order chi connectivity index (χ0) is 20.7. The second kappa shape index (κ2) is 7.95. The highest BCUT2D eigenvalue weighted by Crippen LogP contribution is 2.36. The average molecular weight is 480 g/mol. The number of carbonyl (C=O) groups excluding carboxylic acids is 1. The number of aryl methyl sites for hydroxylation is 1. The van der Waals surface area contributed by atoms with Gasteiger partial charge in [-0.3, -0.25) is 4.79 Å². The molecular formula is C18H24BrF2N3O3S. The van der Waals surface area contributed by atoms with Gasteiger partial charge in [-0.15, -0.1) is 0 Å². The predicted molar refractivity (Wildman–Crippen MR) is 104 cm³/mol. The van der Waals surface area contributed by atoms with E-state index in [2.05, 4.69) is 20.9 Å². The number of alkyl halides is 2. The van der Waals surface area contributed by atoms with E-state index in [1.54, 1.807) is 20.0 Å². The van der Waals surface area contributed by atoms with Gasteiger partial charge in [0.05, 0.1) is 0 Å². The van der Waals surface area contributed by atoms with Crippen LogP contribution in [-0.4, -0.2) is 60.1 Å². The van der Waals surface area contributed by atoms with Crippen molar-refractivity contribution in [1.29, 1.82) is 0 Å². The van der Waals surface area contributed by atoms with Gasteiger partial charge in [-0.1, -0.05) is 0 Å². The van der Waals surface area contributed by atoms with Crippen molar-refractivity contribution in [3.05, 3.63) is 22.4 Å². The number of hydrogen-bond acceptors (Lipinski definition) is 4. The Morgan fingerprint density at radius 1 is 1.29 bits per heavy atom. The Morgan fingerprint density at radius 3 is 2.54 bits per heavy atom. The SMILES string of the molecule is Cc1ccc(S(=O)(=O)N2CCC[C@H]2C(=O)N(C)C2CCC(F)(F)CC2)c(Br)n1. The van der Waals surface area contributed by atoms with Crippen LogP contribution in [0.25, 0.3) is 0 Å². The van der Waals surface area contributed by atoms with Gasteiger partial charge < -0.3 is 4.90 Å². The minimum atomic E-state index is -3.91. The molecule has 0 N–H and O–H groups in total. The molecule has 0 bridgehead atoms. The van der Waals surface area contributed by atoms with Crippen molar-refractivity contribution in [3.63, 3.8) is 0 Å². The Balaban J connectivity index is 1.79. The number of nitrogens with zero attached hydrogens (tertiary/aromatic N) is 3. The number of amides is 1. The first-order valence-corrected chi connectivity index (χ1v) is 11.6. The molecule has 6 nitrogen and oxygen atoms in total. The first kappa shape index (κ1) is 21.6. The molecule has 1 amide bonds. The van der Waals surface area contributed by atoms with Gasteiger partial charge in [0.15, 0.2) is 0 Å². The average Bonchev–Trinajstić information content (AvgIpc) is 3.10. The van der Waals surface area contributed by atoms with Gasteiger partial charge in [0.1, 0.15) is 15.5 Å². The minimum Gasteiger partial charge on any atom is -0.341 e. The Bertz CT molecular complexity index is 856. The molecule has 28 heavy (non-hydrogen) atoms. The largest absolute Gasteiger partial charge is 0.341 e. The lowest BCUT2D eigenvalue weighted by Crippen LogP contribution is -2.50. The minimum absolute atomic E-state index is 0.0257. The van der Waals surface area contributed by atoms with E-state index >= 15 is 0 Å². The molecule has 3 rings (SSSR count). The van der Waals surface area contributed by atoms with E-state index in [-0.39, 0.29) is 53.7 Å². The van der Waals surface area contributed by atoms with Crippen LogP contribution < -0.4 is 0 Å². The molecule has 0 unspecified atom stereocenters. The van der Waals surface area contributed by atoms with E-state index in [0.29, 0.717) is 18.5 Å². The van der Waals surface area contributed by atoms with Crippen LogP contribution in [-0.2, 0) is 14.8 Å². The summed E-state index contributed by atoms with van der Waals surface area (Å²) in [5.41, 5.74) is 0.675. The van der Waals surface area contributed by atoms with Crippen molar-refractivity contribution in [2.45, 2.75) is 68.4 Å². The molecule has 2 fully saturated rings. The van der Waals surface area contributed by atoms with Crippen LogP contribution in [0.3, 0.4) is 0 Å². The number of halogens is 3. The van der Waals surface area contributed by atoms with Gasteiger partial charge in [-0.25, -0.2) is 22.2 Å². The van der Waals surface area contributed by atoms with Crippen molar-refractivity contribution in [3.8, 4) is 0 Å². The number of carbonyl (C=O) groups is 1. The molecule has 1 aromatic heterocycles. The monoisotopic (exact) mass is 479 g/mol. The summed E-state index contributed by atoms with van der Waals surface area (Å²) in [5, 5.41) is 0. The maximum Gasteiger partial charge on any atom is 0.248 e.